The quantitative estimate of drug-likeness (QED) is 0.273. The topological polar surface area (TPSA) is 149 Å². The van der Waals surface area contributed by atoms with Gasteiger partial charge >= 0.3 is 0 Å². The smallest absolute Gasteiger partial charge is 0.241 e. The van der Waals surface area contributed by atoms with Gasteiger partial charge in [0.25, 0.3) is 0 Å². The second-order valence-electron chi connectivity index (χ2n) is 14.6. The molecule has 2 aromatic rings. The first kappa shape index (κ1) is 37.3. The zero-order chi connectivity index (χ0) is 35.2. The second-order valence-corrected chi connectivity index (χ2v) is 15.4. The summed E-state index contributed by atoms with van der Waals surface area (Å²) in [7, 11) is 5.00. The number of benzene rings is 1. The van der Waals surface area contributed by atoms with E-state index in [2.05, 4.69) is 10.3 Å². The van der Waals surface area contributed by atoms with Gasteiger partial charge in [-0.2, -0.15) is 0 Å². The fourth-order valence-corrected chi connectivity index (χ4v) is 7.78. The van der Waals surface area contributed by atoms with Crippen LogP contribution in [0.4, 0.5) is 5.13 Å². The summed E-state index contributed by atoms with van der Waals surface area (Å²) in [6.45, 7) is 5.55. The Morgan fingerprint density at radius 2 is 1.81 bits per heavy atom. The monoisotopic (exact) mass is 682 g/mol. The number of nitrogens with two attached hydrogens (primary N) is 1. The normalized spacial score (nSPS) is 20.5. The van der Waals surface area contributed by atoms with E-state index >= 15 is 0 Å². The number of thiazole rings is 1. The maximum atomic E-state index is 14.9. The fourth-order valence-electron chi connectivity index (χ4n) is 7.20. The van der Waals surface area contributed by atoms with Crippen LogP contribution in [0.1, 0.15) is 89.4 Å². The molecule has 11 nitrogen and oxygen atoms in total. The molecule has 0 unspecified atom stereocenters. The lowest BCUT2D eigenvalue weighted by molar-refractivity contribution is -0.151. The number of amides is 4. The van der Waals surface area contributed by atoms with Crippen LogP contribution in [0, 0.1) is 17.8 Å². The number of nitrogen functional groups attached to an aromatic ring is 1. The minimum Gasteiger partial charge on any atom is -0.390 e. The lowest BCUT2D eigenvalue weighted by atomic mass is 9.79. The van der Waals surface area contributed by atoms with Crippen molar-refractivity contribution in [2.24, 2.45) is 17.8 Å². The Kier molecular flexibility index (Phi) is 12.6. The van der Waals surface area contributed by atoms with Gasteiger partial charge in [-0.25, -0.2) is 4.98 Å². The molecule has 264 valence electrons. The summed E-state index contributed by atoms with van der Waals surface area (Å²) >= 11 is 1.26. The third kappa shape index (κ3) is 9.34. The lowest BCUT2D eigenvalue weighted by Gasteiger charge is -2.40. The van der Waals surface area contributed by atoms with Crippen LogP contribution in [0.15, 0.2) is 35.7 Å². The Hall–Kier alpha value is -3.51. The largest absolute Gasteiger partial charge is 0.390 e. The molecule has 2 aliphatic rings. The first-order valence-electron chi connectivity index (χ1n) is 17.2. The van der Waals surface area contributed by atoms with Crippen LogP contribution in [0.25, 0.3) is 0 Å². The van der Waals surface area contributed by atoms with Gasteiger partial charge in [-0.15, -0.1) is 11.3 Å². The van der Waals surface area contributed by atoms with Gasteiger partial charge in [0.1, 0.15) is 6.54 Å². The molecule has 5 atom stereocenters. The van der Waals surface area contributed by atoms with Crippen molar-refractivity contribution in [2.75, 3.05) is 33.4 Å². The molecule has 1 aromatic carbocycles. The Balaban J connectivity index is 1.71. The van der Waals surface area contributed by atoms with Crippen molar-refractivity contribution < 1.29 is 24.3 Å². The molecule has 0 bridgehead atoms. The number of carbonyl (C=O) groups excluding carboxylic acids is 4. The number of aliphatic hydroxyl groups excluding tert-OH is 1. The summed E-state index contributed by atoms with van der Waals surface area (Å²) in [5.41, 5.74) is 6.99. The summed E-state index contributed by atoms with van der Waals surface area (Å²) in [5.74, 6) is -2.59. The van der Waals surface area contributed by atoms with Crippen LogP contribution >= 0.6 is 11.3 Å². The van der Waals surface area contributed by atoms with Crippen molar-refractivity contribution in [3.05, 3.63) is 47.0 Å². The molecule has 1 saturated heterocycles. The Morgan fingerprint density at radius 1 is 1.15 bits per heavy atom. The number of likely N-dealkylation sites (N-methyl/N-ethyl adjacent to an activating group) is 1. The first-order valence-corrected chi connectivity index (χ1v) is 18.1. The van der Waals surface area contributed by atoms with Gasteiger partial charge in [0.2, 0.25) is 23.6 Å². The number of hydrogen-bond donors (Lipinski definition) is 3. The van der Waals surface area contributed by atoms with E-state index in [-0.39, 0.29) is 49.1 Å². The van der Waals surface area contributed by atoms with E-state index in [1.54, 1.807) is 31.4 Å². The number of anilines is 1. The van der Waals surface area contributed by atoms with Crippen LogP contribution in [0.5, 0.6) is 0 Å². The zero-order valence-corrected chi connectivity index (χ0v) is 30.2. The number of nitrogens with zero attached hydrogens (tertiary/aromatic N) is 4. The minimum atomic E-state index is -1.19. The van der Waals surface area contributed by atoms with Crippen molar-refractivity contribution in [1.82, 2.24) is 25.0 Å². The van der Waals surface area contributed by atoms with E-state index in [1.165, 1.54) is 21.1 Å². The van der Waals surface area contributed by atoms with Crippen LogP contribution < -0.4 is 11.1 Å². The Labute approximate surface area is 289 Å². The number of aromatic nitrogens is 1. The van der Waals surface area contributed by atoms with Crippen molar-refractivity contribution in [3.63, 3.8) is 0 Å². The number of nitrogens with one attached hydrogen (secondary N) is 1. The number of aliphatic hydroxyl groups is 1. The summed E-state index contributed by atoms with van der Waals surface area (Å²) in [6.07, 6.45) is 4.86. The highest BCUT2D eigenvalue weighted by Crippen LogP contribution is 2.39. The molecular formula is C36H54N6O5S. The summed E-state index contributed by atoms with van der Waals surface area (Å²) in [6, 6.07) is 8.50. The van der Waals surface area contributed by atoms with E-state index in [4.69, 9.17) is 5.73 Å². The number of rotatable bonds is 14. The minimum absolute atomic E-state index is 0.136. The third-order valence-corrected chi connectivity index (χ3v) is 11.1. The predicted octanol–water partition coefficient (Wildman–Crippen LogP) is 4.03. The molecule has 1 aliphatic heterocycles. The fraction of sp³-hybridized carbons (Fsp3) is 0.639. The van der Waals surface area contributed by atoms with Crippen LogP contribution in [-0.4, -0.2) is 93.8 Å². The molecule has 2 fully saturated rings. The summed E-state index contributed by atoms with van der Waals surface area (Å²) < 4.78 is 0. The van der Waals surface area contributed by atoms with Gasteiger partial charge in [-0.3, -0.25) is 19.2 Å². The maximum absolute atomic E-state index is 14.9. The molecule has 4 amide bonds. The molecule has 4 N–H and O–H groups in total. The highest BCUT2D eigenvalue weighted by molar-refractivity contribution is 7.13. The highest BCUT2D eigenvalue weighted by atomic mass is 32.1. The number of likely N-dealkylation sites (tertiary alicyclic amines) is 1. The van der Waals surface area contributed by atoms with Crippen molar-refractivity contribution in [3.8, 4) is 0 Å². The van der Waals surface area contributed by atoms with E-state index < -0.39 is 35.4 Å². The molecule has 48 heavy (non-hydrogen) atoms. The van der Waals surface area contributed by atoms with Gasteiger partial charge < -0.3 is 30.9 Å². The Morgan fingerprint density at radius 3 is 2.38 bits per heavy atom. The van der Waals surface area contributed by atoms with Gasteiger partial charge in [-0.1, -0.05) is 62.4 Å². The molecule has 1 saturated carbocycles. The van der Waals surface area contributed by atoms with Crippen LogP contribution in [0.3, 0.4) is 0 Å². The molecular weight excluding hydrogens is 629 g/mol. The average Bonchev–Trinajstić information content (AvgIpc) is 3.56. The molecule has 0 radical (unpaired) electrons. The van der Waals surface area contributed by atoms with Gasteiger partial charge in [-0.05, 0) is 45.1 Å². The van der Waals surface area contributed by atoms with Crippen molar-refractivity contribution >= 4 is 40.1 Å². The predicted molar refractivity (Wildman–Crippen MR) is 188 cm³/mol. The zero-order valence-electron chi connectivity index (χ0n) is 29.4. The van der Waals surface area contributed by atoms with E-state index in [1.807, 2.05) is 51.1 Å². The standard InChI is InChI=1S/C36H54N6O5S/c1-23(25-15-11-8-12-16-25)38-30(43)19-26(18-27-22-48-35(37)39-27)33(46)42(21-31(44)40(4)5)29(17-24-13-9-7-10-14-24)32(45)28-20-36(2,3)41(6)34(28)47/h8,11-12,15-16,22-24,26,28-29,32,45H,7,9-10,13-14,17-21H2,1-6H3,(H2,37,39)(H,38,43)/t23-,26+,28-,29-,32-/m0/s1. The third-order valence-electron chi connectivity index (χ3n) is 10.4. The number of carbonyl (C=O) groups is 4. The van der Waals surface area contributed by atoms with Crippen LogP contribution in [0.2, 0.25) is 0 Å². The summed E-state index contributed by atoms with van der Waals surface area (Å²) in [4.78, 5) is 64.4. The second kappa shape index (κ2) is 16.3. The van der Waals surface area contributed by atoms with Crippen LogP contribution in [-0.2, 0) is 25.6 Å². The average molecular weight is 683 g/mol. The molecule has 12 heteroatoms. The first-order chi connectivity index (χ1) is 22.7. The lowest BCUT2D eigenvalue weighted by Crippen LogP contribution is -2.56. The molecule has 1 aromatic heterocycles. The molecule has 4 rings (SSSR count). The molecule has 2 heterocycles. The SMILES string of the molecule is C[C@H](NC(=O)C[C@@H](Cc1csc(N)n1)C(=O)N(CC(=O)N(C)C)[C@@H](CC1CCCCC1)[C@@H](O)[C@@H]1CC(C)(C)N(C)C1=O)c1ccccc1. The summed E-state index contributed by atoms with van der Waals surface area (Å²) in [5, 5.41) is 17.3. The van der Waals surface area contributed by atoms with E-state index in [9.17, 15) is 24.3 Å². The van der Waals surface area contributed by atoms with Gasteiger partial charge in [0.15, 0.2) is 5.13 Å². The molecule has 0 spiro atoms. The van der Waals surface area contributed by atoms with Gasteiger partial charge in [0.05, 0.1) is 35.7 Å². The van der Waals surface area contributed by atoms with Crippen molar-refractivity contribution in [2.45, 2.75) is 102 Å². The Bertz CT molecular complexity index is 1410. The van der Waals surface area contributed by atoms with Gasteiger partial charge in [0, 0.05) is 44.9 Å². The van der Waals surface area contributed by atoms with Crippen molar-refractivity contribution in [1.29, 1.82) is 0 Å². The number of hydrogen-bond acceptors (Lipinski definition) is 8. The highest BCUT2D eigenvalue weighted by Gasteiger charge is 2.50. The van der Waals surface area contributed by atoms with E-state index in [0.717, 1.165) is 37.7 Å². The molecule has 1 aliphatic carbocycles. The van der Waals surface area contributed by atoms with E-state index in [0.29, 0.717) is 23.7 Å². The maximum Gasteiger partial charge on any atom is 0.241 e.